The van der Waals surface area contributed by atoms with Gasteiger partial charge in [-0.05, 0) is 50.2 Å². The third-order valence-electron chi connectivity index (χ3n) is 7.01. The Kier molecular flexibility index (Phi) is 8.16. The molecule has 3 heterocycles. The van der Waals surface area contributed by atoms with E-state index in [1.165, 1.54) is 0 Å². The third-order valence-corrected chi connectivity index (χ3v) is 7.01. The molecule has 184 valence electrons. The first kappa shape index (κ1) is 24.2. The van der Waals surface area contributed by atoms with Gasteiger partial charge in [0, 0.05) is 38.6 Å². The lowest BCUT2D eigenvalue weighted by Crippen LogP contribution is -2.52. The van der Waals surface area contributed by atoms with Gasteiger partial charge in [0.05, 0.1) is 0 Å². The van der Waals surface area contributed by atoms with Crippen molar-refractivity contribution in [3.05, 3.63) is 30.3 Å². The van der Waals surface area contributed by atoms with E-state index in [9.17, 15) is 19.2 Å². The normalized spacial score (nSPS) is 22.1. The van der Waals surface area contributed by atoms with Crippen molar-refractivity contribution < 1.29 is 28.7 Å². The number of carbonyl (C=O) groups is 4. The summed E-state index contributed by atoms with van der Waals surface area (Å²) in [5.74, 6) is 0.239. The predicted molar refractivity (Wildman–Crippen MR) is 123 cm³/mol. The fraction of sp³-hybridized carbons (Fsp3) is 0.600. The number of amides is 4. The summed E-state index contributed by atoms with van der Waals surface area (Å²) in [6, 6.07) is 9.46. The average molecular weight is 472 g/mol. The van der Waals surface area contributed by atoms with Crippen molar-refractivity contribution in [3.63, 3.8) is 0 Å². The second-order valence-corrected chi connectivity index (χ2v) is 9.15. The van der Waals surface area contributed by atoms with E-state index in [0.29, 0.717) is 31.3 Å². The average Bonchev–Trinajstić information content (AvgIpc) is 2.87. The van der Waals surface area contributed by atoms with Crippen LogP contribution in [-0.4, -0.2) is 90.4 Å². The third kappa shape index (κ3) is 5.94. The fourth-order valence-electron chi connectivity index (χ4n) is 5.16. The van der Waals surface area contributed by atoms with Crippen LogP contribution >= 0.6 is 0 Å². The van der Waals surface area contributed by atoms with E-state index in [2.05, 4.69) is 0 Å². The maximum atomic E-state index is 13.1. The van der Waals surface area contributed by atoms with Gasteiger partial charge in [0.15, 0.2) is 6.61 Å². The van der Waals surface area contributed by atoms with Gasteiger partial charge >= 0.3 is 0 Å². The Morgan fingerprint density at radius 3 is 2.32 bits per heavy atom. The molecule has 0 spiro atoms. The number of rotatable bonds is 7. The molecule has 3 aliphatic rings. The lowest BCUT2D eigenvalue weighted by Gasteiger charge is -2.44. The highest BCUT2D eigenvalue weighted by Gasteiger charge is 2.36. The molecule has 4 rings (SSSR count). The summed E-state index contributed by atoms with van der Waals surface area (Å²) in [6.07, 6.45) is 4.85. The van der Waals surface area contributed by atoms with Gasteiger partial charge in [-0.2, -0.15) is 0 Å². The van der Waals surface area contributed by atoms with E-state index in [4.69, 9.17) is 9.47 Å². The Bertz CT molecular complexity index is 868. The van der Waals surface area contributed by atoms with Crippen LogP contribution in [-0.2, 0) is 23.9 Å². The lowest BCUT2D eigenvalue weighted by molar-refractivity contribution is -0.159. The number of benzene rings is 1. The molecule has 3 fully saturated rings. The monoisotopic (exact) mass is 471 g/mol. The topological polar surface area (TPSA) is 96.5 Å². The molecule has 0 aliphatic carbocycles. The first-order valence-corrected chi connectivity index (χ1v) is 12.2. The molecule has 3 aliphatic heterocycles. The summed E-state index contributed by atoms with van der Waals surface area (Å²) in [4.78, 5) is 54.5. The largest absolute Gasteiger partial charge is 0.484 e. The van der Waals surface area contributed by atoms with Gasteiger partial charge in [-0.3, -0.25) is 24.1 Å². The Morgan fingerprint density at radius 1 is 0.912 bits per heavy atom. The minimum atomic E-state index is -0.382. The van der Waals surface area contributed by atoms with E-state index in [0.717, 1.165) is 37.0 Å². The van der Waals surface area contributed by atoms with Crippen molar-refractivity contribution in [2.75, 3.05) is 46.0 Å². The standard InChI is InChI=1S/C25H33N3O6/c29-22(11-15-28-24(31)16-33-17-25(28)32)27-12-5-4-8-21(27)19-9-13-26(14-10-19)23(30)18-34-20-6-2-1-3-7-20/h1-3,6-7,19,21H,4-5,8-18H2/t21-/m1/s1. The highest BCUT2D eigenvalue weighted by atomic mass is 16.5. The molecule has 0 unspecified atom stereocenters. The number of hydrogen-bond donors (Lipinski definition) is 0. The number of ether oxygens (including phenoxy) is 2. The van der Waals surface area contributed by atoms with E-state index in [-0.39, 0.29) is 62.5 Å². The first-order valence-electron chi connectivity index (χ1n) is 12.2. The van der Waals surface area contributed by atoms with Crippen molar-refractivity contribution in [1.29, 1.82) is 0 Å². The summed E-state index contributed by atoms with van der Waals surface area (Å²) in [5.41, 5.74) is 0. The van der Waals surface area contributed by atoms with Crippen LogP contribution in [0.4, 0.5) is 0 Å². The molecule has 0 saturated carbocycles. The molecular formula is C25H33N3O6. The van der Waals surface area contributed by atoms with E-state index < -0.39 is 0 Å². The van der Waals surface area contributed by atoms with E-state index in [1.54, 1.807) is 0 Å². The summed E-state index contributed by atoms with van der Waals surface area (Å²) in [7, 11) is 0. The number of para-hydroxylation sites is 1. The molecule has 1 aromatic carbocycles. The fourth-order valence-corrected chi connectivity index (χ4v) is 5.16. The Labute approximate surface area is 200 Å². The molecular weight excluding hydrogens is 438 g/mol. The number of morpholine rings is 1. The number of hydrogen-bond acceptors (Lipinski definition) is 6. The Balaban J connectivity index is 1.26. The zero-order valence-electron chi connectivity index (χ0n) is 19.5. The van der Waals surface area contributed by atoms with Crippen molar-refractivity contribution in [1.82, 2.24) is 14.7 Å². The highest BCUT2D eigenvalue weighted by Crippen LogP contribution is 2.31. The van der Waals surface area contributed by atoms with Crippen LogP contribution in [0.1, 0.15) is 38.5 Å². The van der Waals surface area contributed by atoms with Gasteiger partial charge in [0.25, 0.3) is 17.7 Å². The quantitative estimate of drug-likeness (QED) is 0.559. The minimum Gasteiger partial charge on any atom is -0.484 e. The molecule has 0 radical (unpaired) electrons. The van der Waals surface area contributed by atoms with Crippen LogP contribution in [0.25, 0.3) is 0 Å². The molecule has 1 atom stereocenters. The van der Waals surface area contributed by atoms with Gasteiger partial charge < -0.3 is 19.3 Å². The summed E-state index contributed by atoms with van der Waals surface area (Å²) in [5, 5.41) is 0. The van der Waals surface area contributed by atoms with Crippen LogP contribution in [0.15, 0.2) is 30.3 Å². The number of likely N-dealkylation sites (tertiary alicyclic amines) is 2. The van der Waals surface area contributed by atoms with Gasteiger partial charge in [-0.1, -0.05) is 18.2 Å². The predicted octanol–water partition coefficient (Wildman–Crippen LogP) is 1.46. The van der Waals surface area contributed by atoms with Gasteiger partial charge in [0.1, 0.15) is 19.0 Å². The number of carbonyl (C=O) groups excluding carboxylic acids is 4. The Hall–Kier alpha value is -2.94. The lowest BCUT2D eigenvalue weighted by atomic mass is 9.83. The molecule has 0 bridgehead atoms. The molecule has 9 nitrogen and oxygen atoms in total. The van der Waals surface area contributed by atoms with Gasteiger partial charge in [0.2, 0.25) is 5.91 Å². The summed E-state index contributed by atoms with van der Waals surface area (Å²) >= 11 is 0. The summed E-state index contributed by atoms with van der Waals surface area (Å²) < 4.78 is 10.5. The van der Waals surface area contributed by atoms with Crippen LogP contribution in [0.3, 0.4) is 0 Å². The SMILES string of the molecule is O=C(COc1ccccc1)N1CCC([C@H]2CCCCN2C(=O)CCN2C(=O)COCC2=O)CC1. The van der Waals surface area contributed by atoms with Crippen LogP contribution in [0.2, 0.25) is 0 Å². The van der Waals surface area contributed by atoms with Crippen molar-refractivity contribution in [2.45, 2.75) is 44.6 Å². The molecule has 0 N–H and O–H groups in total. The highest BCUT2D eigenvalue weighted by molar-refractivity contribution is 5.98. The second kappa shape index (κ2) is 11.5. The second-order valence-electron chi connectivity index (χ2n) is 9.15. The maximum absolute atomic E-state index is 13.1. The zero-order chi connectivity index (χ0) is 23.9. The number of nitrogens with zero attached hydrogens (tertiary/aromatic N) is 3. The van der Waals surface area contributed by atoms with E-state index in [1.807, 2.05) is 40.1 Å². The van der Waals surface area contributed by atoms with E-state index >= 15 is 0 Å². The molecule has 4 amide bonds. The van der Waals surface area contributed by atoms with Gasteiger partial charge in [-0.25, -0.2) is 0 Å². The molecule has 1 aromatic rings. The van der Waals surface area contributed by atoms with Crippen molar-refractivity contribution in [2.24, 2.45) is 5.92 Å². The summed E-state index contributed by atoms with van der Waals surface area (Å²) in [6.45, 7) is 1.95. The van der Waals surface area contributed by atoms with Crippen LogP contribution in [0.5, 0.6) is 5.75 Å². The molecule has 9 heteroatoms. The van der Waals surface area contributed by atoms with Gasteiger partial charge in [-0.15, -0.1) is 0 Å². The first-order chi connectivity index (χ1) is 16.5. The smallest absolute Gasteiger partial charge is 0.260 e. The Morgan fingerprint density at radius 2 is 1.62 bits per heavy atom. The van der Waals surface area contributed by atoms with Crippen LogP contribution in [0, 0.1) is 5.92 Å². The number of piperidine rings is 2. The zero-order valence-corrected chi connectivity index (χ0v) is 19.5. The molecule has 34 heavy (non-hydrogen) atoms. The molecule has 0 aromatic heterocycles. The maximum Gasteiger partial charge on any atom is 0.260 e. The van der Waals surface area contributed by atoms with Crippen molar-refractivity contribution in [3.8, 4) is 5.75 Å². The van der Waals surface area contributed by atoms with Crippen molar-refractivity contribution >= 4 is 23.6 Å². The minimum absolute atomic E-state index is 0.00782. The number of imide groups is 1. The molecule has 3 saturated heterocycles. The van der Waals surface area contributed by atoms with Crippen LogP contribution < -0.4 is 4.74 Å².